The van der Waals surface area contributed by atoms with Crippen molar-refractivity contribution in [2.75, 3.05) is 19.1 Å². The molecule has 0 unspecified atom stereocenters. The average Bonchev–Trinajstić information content (AvgIpc) is 2.79. The number of methoxy groups -OCH3 is 1. The summed E-state index contributed by atoms with van der Waals surface area (Å²) < 4.78 is 10.3. The molecule has 6 heteroatoms. The average molecular weight is 309 g/mol. The minimum absolute atomic E-state index is 0.115. The SMILES string of the molecule is COc1cccc(Cl)c1CC(=O)N(C)c1c(C)noc1C. The van der Waals surface area contributed by atoms with E-state index in [1.165, 1.54) is 4.90 Å². The highest BCUT2D eigenvalue weighted by atomic mass is 35.5. The van der Waals surface area contributed by atoms with Gasteiger partial charge in [0.2, 0.25) is 5.91 Å². The van der Waals surface area contributed by atoms with E-state index in [0.29, 0.717) is 33.5 Å². The van der Waals surface area contributed by atoms with Crippen molar-refractivity contribution in [2.24, 2.45) is 0 Å². The second kappa shape index (κ2) is 6.18. The summed E-state index contributed by atoms with van der Waals surface area (Å²) in [6.07, 6.45) is 0.142. The highest BCUT2D eigenvalue weighted by Gasteiger charge is 2.21. The van der Waals surface area contributed by atoms with Crippen molar-refractivity contribution in [3.8, 4) is 5.75 Å². The lowest BCUT2D eigenvalue weighted by Gasteiger charge is -2.18. The highest BCUT2D eigenvalue weighted by Crippen LogP contribution is 2.29. The Morgan fingerprint density at radius 2 is 2.14 bits per heavy atom. The van der Waals surface area contributed by atoms with Crippen LogP contribution in [-0.2, 0) is 11.2 Å². The third kappa shape index (κ3) is 3.03. The molecule has 2 rings (SSSR count). The number of halogens is 1. The summed E-state index contributed by atoms with van der Waals surface area (Å²) >= 11 is 6.16. The van der Waals surface area contributed by atoms with Crippen molar-refractivity contribution >= 4 is 23.2 Å². The molecular weight excluding hydrogens is 292 g/mol. The molecular formula is C15H17ClN2O3. The minimum Gasteiger partial charge on any atom is -0.496 e. The standard InChI is InChI=1S/C15H17ClN2O3/c1-9-15(10(2)21-17-9)18(3)14(19)8-11-12(16)6-5-7-13(11)20-4/h5-7H,8H2,1-4H3. The molecule has 0 saturated carbocycles. The van der Waals surface area contributed by atoms with Crippen LogP contribution in [0.25, 0.3) is 0 Å². The number of carbonyl (C=O) groups excluding carboxylic acids is 1. The molecule has 2 aromatic rings. The molecule has 0 fully saturated rings. The van der Waals surface area contributed by atoms with Crippen molar-refractivity contribution in [2.45, 2.75) is 20.3 Å². The number of amides is 1. The van der Waals surface area contributed by atoms with Gasteiger partial charge in [0.15, 0.2) is 5.76 Å². The quantitative estimate of drug-likeness (QED) is 0.870. The number of hydrogen-bond acceptors (Lipinski definition) is 4. The maximum atomic E-state index is 12.5. The third-order valence-corrected chi connectivity index (χ3v) is 3.68. The zero-order valence-electron chi connectivity index (χ0n) is 12.4. The first-order chi connectivity index (χ1) is 9.95. The summed E-state index contributed by atoms with van der Waals surface area (Å²) in [5, 5.41) is 4.37. The topological polar surface area (TPSA) is 55.6 Å². The molecule has 1 amide bonds. The van der Waals surface area contributed by atoms with E-state index in [-0.39, 0.29) is 12.3 Å². The summed E-state index contributed by atoms with van der Waals surface area (Å²) in [4.78, 5) is 14.0. The fraction of sp³-hybridized carbons (Fsp3) is 0.333. The Hall–Kier alpha value is -2.01. The van der Waals surface area contributed by atoms with Crippen molar-refractivity contribution in [3.05, 3.63) is 40.2 Å². The number of aromatic nitrogens is 1. The molecule has 0 spiro atoms. The van der Waals surface area contributed by atoms with E-state index < -0.39 is 0 Å². The van der Waals surface area contributed by atoms with Gasteiger partial charge in [0.05, 0.1) is 13.5 Å². The van der Waals surface area contributed by atoms with Crippen LogP contribution >= 0.6 is 11.6 Å². The lowest BCUT2D eigenvalue weighted by atomic mass is 10.1. The molecule has 0 radical (unpaired) electrons. The number of benzene rings is 1. The Bertz CT molecular complexity index is 647. The van der Waals surface area contributed by atoms with Gasteiger partial charge in [-0.05, 0) is 26.0 Å². The van der Waals surface area contributed by atoms with Gasteiger partial charge in [-0.2, -0.15) is 0 Å². The van der Waals surface area contributed by atoms with Crippen LogP contribution in [0.1, 0.15) is 17.0 Å². The summed E-state index contributed by atoms with van der Waals surface area (Å²) in [6.45, 7) is 3.57. The van der Waals surface area contributed by atoms with Crippen LogP contribution in [0.2, 0.25) is 5.02 Å². The van der Waals surface area contributed by atoms with E-state index in [1.54, 1.807) is 46.2 Å². The molecule has 21 heavy (non-hydrogen) atoms. The first-order valence-electron chi connectivity index (χ1n) is 6.46. The fourth-order valence-corrected chi connectivity index (χ4v) is 2.49. The number of anilines is 1. The van der Waals surface area contributed by atoms with Gasteiger partial charge in [-0.1, -0.05) is 22.8 Å². The van der Waals surface area contributed by atoms with E-state index in [0.717, 1.165) is 0 Å². The normalized spacial score (nSPS) is 10.5. The molecule has 0 aliphatic rings. The molecule has 0 aliphatic heterocycles. The zero-order chi connectivity index (χ0) is 15.6. The summed E-state index contributed by atoms with van der Waals surface area (Å²) in [5.41, 5.74) is 2.03. The molecule has 1 heterocycles. The van der Waals surface area contributed by atoms with Gasteiger partial charge >= 0.3 is 0 Å². The van der Waals surface area contributed by atoms with Gasteiger partial charge in [-0.25, -0.2) is 0 Å². The van der Waals surface area contributed by atoms with Crippen LogP contribution in [0, 0.1) is 13.8 Å². The largest absolute Gasteiger partial charge is 0.496 e. The fourth-order valence-electron chi connectivity index (χ4n) is 2.25. The summed E-state index contributed by atoms with van der Waals surface area (Å²) in [7, 11) is 3.25. The third-order valence-electron chi connectivity index (χ3n) is 3.33. The first kappa shape index (κ1) is 15.4. The molecule has 0 saturated heterocycles. The number of carbonyl (C=O) groups is 1. The van der Waals surface area contributed by atoms with E-state index >= 15 is 0 Å². The van der Waals surface area contributed by atoms with Crippen molar-refractivity contribution in [1.29, 1.82) is 0 Å². The predicted molar refractivity (Wildman–Crippen MR) is 81.1 cm³/mol. The smallest absolute Gasteiger partial charge is 0.231 e. The zero-order valence-corrected chi connectivity index (χ0v) is 13.2. The molecule has 5 nitrogen and oxygen atoms in total. The Kier molecular flexibility index (Phi) is 4.53. The maximum absolute atomic E-state index is 12.5. The Labute approximate surface area is 128 Å². The van der Waals surface area contributed by atoms with Gasteiger partial charge in [0, 0.05) is 17.6 Å². The Morgan fingerprint density at radius 3 is 2.71 bits per heavy atom. The van der Waals surface area contributed by atoms with Crippen molar-refractivity contribution in [1.82, 2.24) is 5.16 Å². The monoisotopic (exact) mass is 308 g/mol. The van der Waals surface area contributed by atoms with E-state index in [9.17, 15) is 4.79 Å². The van der Waals surface area contributed by atoms with E-state index in [2.05, 4.69) is 5.16 Å². The van der Waals surface area contributed by atoms with E-state index in [4.69, 9.17) is 20.9 Å². The number of ether oxygens (including phenoxy) is 1. The second-order valence-corrected chi connectivity index (χ2v) is 5.13. The van der Waals surface area contributed by atoms with Crippen LogP contribution in [0.15, 0.2) is 22.7 Å². The second-order valence-electron chi connectivity index (χ2n) is 4.72. The van der Waals surface area contributed by atoms with Gasteiger partial charge in [-0.3, -0.25) is 4.79 Å². The number of aryl methyl sites for hydroxylation is 2. The molecule has 1 aromatic heterocycles. The maximum Gasteiger partial charge on any atom is 0.231 e. The van der Waals surface area contributed by atoms with Crippen LogP contribution < -0.4 is 9.64 Å². The van der Waals surface area contributed by atoms with Gasteiger partial charge in [0.1, 0.15) is 17.1 Å². The lowest BCUT2D eigenvalue weighted by Crippen LogP contribution is -2.28. The molecule has 0 aliphatic carbocycles. The first-order valence-corrected chi connectivity index (χ1v) is 6.84. The van der Waals surface area contributed by atoms with Gasteiger partial charge in [-0.15, -0.1) is 0 Å². The lowest BCUT2D eigenvalue weighted by molar-refractivity contribution is -0.117. The number of nitrogens with zero attached hydrogens (tertiary/aromatic N) is 2. The molecule has 112 valence electrons. The highest BCUT2D eigenvalue weighted by molar-refractivity contribution is 6.31. The van der Waals surface area contributed by atoms with Crippen LogP contribution in [-0.4, -0.2) is 25.2 Å². The Balaban J connectivity index is 2.27. The molecule has 0 atom stereocenters. The van der Waals surface area contributed by atoms with Crippen LogP contribution in [0.5, 0.6) is 5.75 Å². The van der Waals surface area contributed by atoms with Gasteiger partial charge < -0.3 is 14.2 Å². The van der Waals surface area contributed by atoms with Crippen molar-refractivity contribution < 1.29 is 14.1 Å². The summed E-state index contributed by atoms with van der Waals surface area (Å²) in [5.74, 6) is 1.09. The number of hydrogen-bond donors (Lipinski definition) is 0. The number of rotatable bonds is 4. The molecule has 0 bridgehead atoms. The van der Waals surface area contributed by atoms with Crippen molar-refractivity contribution in [3.63, 3.8) is 0 Å². The Morgan fingerprint density at radius 1 is 1.43 bits per heavy atom. The van der Waals surface area contributed by atoms with Crippen LogP contribution in [0.4, 0.5) is 5.69 Å². The van der Waals surface area contributed by atoms with E-state index in [1.807, 2.05) is 0 Å². The predicted octanol–water partition coefficient (Wildman–Crippen LogP) is 3.16. The number of likely N-dealkylation sites (N-methyl/N-ethyl adjacent to an activating group) is 1. The molecule has 1 aromatic carbocycles. The molecule has 0 N–H and O–H groups in total. The summed E-state index contributed by atoms with van der Waals surface area (Å²) in [6, 6.07) is 5.31. The minimum atomic E-state index is -0.115. The van der Waals surface area contributed by atoms with Crippen LogP contribution in [0.3, 0.4) is 0 Å². The van der Waals surface area contributed by atoms with Gasteiger partial charge in [0.25, 0.3) is 0 Å².